The number of aromatic nitrogens is 2. The molecule has 5 nitrogen and oxygen atoms in total. The van der Waals surface area contributed by atoms with Crippen molar-refractivity contribution in [2.45, 2.75) is 0 Å². The maximum absolute atomic E-state index is 12.7. The topological polar surface area (TPSA) is 66.9 Å². The Bertz CT molecular complexity index is 895. The van der Waals surface area contributed by atoms with Gasteiger partial charge in [-0.15, -0.1) is 0 Å². The third-order valence-corrected chi connectivity index (χ3v) is 3.52. The zero-order chi connectivity index (χ0) is 15.0. The molecule has 0 radical (unpaired) electrons. The molecule has 0 bridgehead atoms. The largest absolute Gasteiger partial charge is 0.387 e. The Labute approximate surface area is 125 Å². The molecule has 0 spiro atoms. The molecule has 0 amide bonds. The van der Waals surface area contributed by atoms with Gasteiger partial charge in [-0.1, -0.05) is 23.7 Å². The number of benzene rings is 2. The minimum atomic E-state index is -0.325. The van der Waals surface area contributed by atoms with E-state index in [4.69, 9.17) is 11.6 Å². The van der Waals surface area contributed by atoms with Crippen LogP contribution in [0.3, 0.4) is 0 Å². The normalized spacial score (nSPS) is 10.8. The van der Waals surface area contributed by atoms with Crippen LogP contribution in [0.5, 0.6) is 0 Å². The van der Waals surface area contributed by atoms with E-state index in [1.807, 2.05) is 6.07 Å². The molecule has 2 aromatic carbocycles. The third-order valence-electron chi connectivity index (χ3n) is 3.29. The molecule has 0 unspecified atom stereocenters. The minimum absolute atomic E-state index is 0.322. The summed E-state index contributed by atoms with van der Waals surface area (Å²) in [6.45, 7) is 0. The number of para-hydroxylation sites is 1. The molecular weight excluding hydrogens is 290 g/mol. The minimum Gasteiger partial charge on any atom is -0.387 e. The lowest BCUT2D eigenvalue weighted by molar-refractivity contribution is 0.0950. The van der Waals surface area contributed by atoms with Crippen LogP contribution in [0, 0.1) is 0 Å². The second kappa shape index (κ2) is 5.10. The number of aromatic amines is 1. The van der Waals surface area contributed by atoms with Crippen molar-refractivity contribution in [1.29, 1.82) is 0 Å². The Kier molecular flexibility index (Phi) is 3.27. The predicted molar refractivity (Wildman–Crippen MR) is 83.3 cm³/mol. The van der Waals surface area contributed by atoms with Gasteiger partial charge in [-0.3, -0.25) is 14.7 Å². The number of hydrogen-bond acceptors (Lipinski definition) is 3. The number of H-pyrrole nitrogens is 1. The van der Waals surface area contributed by atoms with Crippen molar-refractivity contribution in [2.75, 3.05) is 12.4 Å². The van der Waals surface area contributed by atoms with Gasteiger partial charge in [0.05, 0.1) is 16.5 Å². The molecule has 0 saturated heterocycles. The number of anilines is 1. The van der Waals surface area contributed by atoms with Gasteiger partial charge in [0.1, 0.15) is 0 Å². The van der Waals surface area contributed by atoms with Gasteiger partial charge >= 0.3 is 0 Å². The summed E-state index contributed by atoms with van der Waals surface area (Å²) in [5.74, 6) is -0.325. The van der Waals surface area contributed by atoms with Crippen molar-refractivity contribution >= 4 is 34.1 Å². The summed E-state index contributed by atoms with van der Waals surface area (Å²) in [5.41, 5.74) is 1.29. The molecule has 0 atom stereocenters. The van der Waals surface area contributed by atoms with E-state index in [1.165, 1.54) is 4.68 Å². The van der Waals surface area contributed by atoms with Crippen LogP contribution < -0.4 is 10.9 Å². The van der Waals surface area contributed by atoms with Crippen LogP contribution in [0.4, 0.5) is 5.69 Å². The first-order valence-corrected chi connectivity index (χ1v) is 6.71. The second-order valence-corrected chi connectivity index (χ2v) is 4.97. The molecule has 0 fully saturated rings. The molecule has 6 heteroatoms. The van der Waals surface area contributed by atoms with Crippen molar-refractivity contribution in [3.05, 3.63) is 63.4 Å². The predicted octanol–water partition coefficient (Wildman–Crippen LogP) is 2.71. The lowest BCUT2D eigenvalue weighted by Crippen LogP contribution is -2.17. The van der Waals surface area contributed by atoms with Gasteiger partial charge in [0, 0.05) is 17.8 Å². The number of rotatable bonds is 2. The van der Waals surface area contributed by atoms with Gasteiger partial charge in [-0.2, -0.15) is 0 Å². The van der Waals surface area contributed by atoms with Crippen LogP contribution in [0.2, 0.25) is 5.02 Å². The van der Waals surface area contributed by atoms with Crippen LogP contribution >= 0.6 is 11.6 Å². The van der Waals surface area contributed by atoms with E-state index >= 15 is 0 Å². The van der Waals surface area contributed by atoms with Crippen LogP contribution in [-0.2, 0) is 0 Å². The van der Waals surface area contributed by atoms with Gasteiger partial charge in [0.15, 0.2) is 0 Å². The quantitative estimate of drug-likeness (QED) is 0.765. The smallest absolute Gasteiger partial charge is 0.279 e. The first-order valence-electron chi connectivity index (χ1n) is 6.33. The third kappa shape index (κ3) is 2.21. The maximum Gasteiger partial charge on any atom is 0.279 e. The monoisotopic (exact) mass is 301 g/mol. The lowest BCUT2D eigenvalue weighted by Gasteiger charge is -2.08. The highest BCUT2D eigenvalue weighted by Crippen LogP contribution is 2.20. The van der Waals surface area contributed by atoms with Crippen LogP contribution in [0.15, 0.2) is 47.3 Å². The number of nitrogens with one attached hydrogen (secondary N) is 2. The lowest BCUT2D eigenvalue weighted by atomic mass is 10.1. The number of carbonyl (C=O) groups is 1. The molecule has 0 aliphatic rings. The number of hydrogen-bond donors (Lipinski definition) is 2. The van der Waals surface area contributed by atoms with Crippen LogP contribution in [0.1, 0.15) is 10.4 Å². The molecule has 21 heavy (non-hydrogen) atoms. The molecule has 0 aliphatic heterocycles. The summed E-state index contributed by atoms with van der Waals surface area (Å²) < 4.78 is 1.22. The molecule has 1 heterocycles. The summed E-state index contributed by atoms with van der Waals surface area (Å²) in [5, 5.41) is 6.40. The Morgan fingerprint density at radius 3 is 2.76 bits per heavy atom. The molecule has 106 valence electrons. The number of halogens is 1. The van der Waals surface area contributed by atoms with Gasteiger partial charge in [0.2, 0.25) is 0 Å². The van der Waals surface area contributed by atoms with Crippen molar-refractivity contribution < 1.29 is 4.79 Å². The molecule has 0 saturated carbocycles. The van der Waals surface area contributed by atoms with Crippen LogP contribution in [-0.4, -0.2) is 22.7 Å². The average molecular weight is 302 g/mol. The summed E-state index contributed by atoms with van der Waals surface area (Å²) in [6.07, 6.45) is 0. The Balaban J connectivity index is 2.23. The van der Waals surface area contributed by atoms with E-state index in [0.717, 1.165) is 0 Å². The summed E-state index contributed by atoms with van der Waals surface area (Å²) in [6, 6.07) is 11.9. The summed E-state index contributed by atoms with van der Waals surface area (Å²) in [4.78, 5) is 24.6. The maximum atomic E-state index is 12.7. The van der Waals surface area contributed by atoms with E-state index in [-0.39, 0.29) is 11.5 Å². The van der Waals surface area contributed by atoms with Gasteiger partial charge in [0.25, 0.3) is 11.5 Å². The fourth-order valence-corrected chi connectivity index (χ4v) is 2.44. The van der Waals surface area contributed by atoms with E-state index in [1.54, 1.807) is 43.4 Å². The molecule has 1 aromatic heterocycles. The first kappa shape index (κ1) is 13.5. The fourth-order valence-electron chi connectivity index (χ4n) is 2.27. The number of nitrogens with zero attached hydrogens (tertiary/aromatic N) is 1. The highest BCUT2D eigenvalue weighted by atomic mass is 35.5. The average Bonchev–Trinajstić information content (AvgIpc) is 2.83. The SMILES string of the molecule is CNc1ccccc1C(=O)n1[nH]c(=O)c2ccc(Cl)cc21. The zero-order valence-electron chi connectivity index (χ0n) is 11.2. The number of fused-ring (bicyclic) bond motifs is 1. The van der Waals surface area contributed by atoms with Crippen molar-refractivity contribution in [3.8, 4) is 0 Å². The highest BCUT2D eigenvalue weighted by molar-refractivity contribution is 6.31. The fraction of sp³-hybridized carbons (Fsp3) is 0.0667. The molecule has 2 N–H and O–H groups in total. The molecular formula is C15H12ClN3O2. The van der Waals surface area contributed by atoms with E-state index in [0.29, 0.717) is 27.2 Å². The van der Waals surface area contributed by atoms with Crippen molar-refractivity contribution in [1.82, 2.24) is 9.78 Å². The van der Waals surface area contributed by atoms with Crippen LogP contribution in [0.25, 0.3) is 10.9 Å². The van der Waals surface area contributed by atoms with E-state index < -0.39 is 0 Å². The van der Waals surface area contributed by atoms with Crippen molar-refractivity contribution in [3.63, 3.8) is 0 Å². The Morgan fingerprint density at radius 2 is 2.00 bits per heavy atom. The van der Waals surface area contributed by atoms with Crippen molar-refractivity contribution in [2.24, 2.45) is 0 Å². The number of carbonyl (C=O) groups excluding carboxylic acids is 1. The second-order valence-electron chi connectivity index (χ2n) is 4.54. The van der Waals surface area contributed by atoms with Gasteiger partial charge in [-0.25, -0.2) is 4.68 Å². The highest BCUT2D eigenvalue weighted by Gasteiger charge is 2.17. The van der Waals surface area contributed by atoms with Gasteiger partial charge < -0.3 is 5.32 Å². The molecule has 0 aliphatic carbocycles. The summed E-state index contributed by atoms with van der Waals surface area (Å²) in [7, 11) is 1.74. The molecule has 3 aromatic rings. The van der Waals surface area contributed by atoms with Gasteiger partial charge in [-0.05, 0) is 30.3 Å². The standard InChI is InChI=1S/C15H12ClN3O2/c1-17-12-5-3-2-4-10(12)15(21)19-13-8-9(16)6-7-11(13)14(20)18-19/h2-8,17H,1H3,(H,18,20). The van der Waals surface area contributed by atoms with E-state index in [9.17, 15) is 9.59 Å². The molecule has 3 rings (SSSR count). The zero-order valence-corrected chi connectivity index (χ0v) is 11.9. The first-order chi connectivity index (χ1) is 10.1. The summed E-state index contributed by atoms with van der Waals surface area (Å²) >= 11 is 5.96. The Hall–Kier alpha value is -2.53. The van der Waals surface area contributed by atoms with E-state index in [2.05, 4.69) is 10.4 Å². The Morgan fingerprint density at radius 1 is 1.24 bits per heavy atom.